The largest absolute Gasteiger partial charge is 0.355 e. The fourth-order valence-corrected chi connectivity index (χ4v) is 2.52. The molecule has 0 saturated carbocycles. The van der Waals surface area contributed by atoms with Crippen LogP contribution in [0.1, 0.15) is 39.4 Å². The molecule has 0 spiro atoms. The molecule has 1 aromatic rings. The van der Waals surface area contributed by atoms with Crippen LogP contribution in [-0.2, 0) is 17.9 Å². The molecule has 114 valence electrons. The van der Waals surface area contributed by atoms with Crippen molar-refractivity contribution in [3.8, 4) is 0 Å². The maximum Gasteiger partial charge on any atom is 0.230 e. The average molecular weight is 299 g/mol. The number of hydrogen-bond acceptors (Lipinski definition) is 5. The Balaban J connectivity index is 2.44. The van der Waals surface area contributed by atoms with Crippen molar-refractivity contribution in [3.63, 3.8) is 0 Å². The van der Waals surface area contributed by atoms with Gasteiger partial charge in [0, 0.05) is 13.1 Å². The highest BCUT2D eigenvalue weighted by Gasteiger charge is 2.12. The predicted octanol–water partition coefficient (Wildman–Crippen LogP) is 1.40. The van der Waals surface area contributed by atoms with E-state index in [0.29, 0.717) is 18.2 Å². The standard InChI is InChI=1S/C13H25N5OS/c1-4-7-18-11(8-14)16-17-13(18)20-9-12(19)15-6-5-10(2)3/h10H,4-9,14H2,1-3H3,(H,15,19). The Hall–Kier alpha value is -1.08. The van der Waals surface area contributed by atoms with Gasteiger partial charge in [-0.15, -0.1) is 10.2 Å². The van der Waals surface area contributed by atoms with E-state index in [9.17, 15) is 4.79 Å². The zero-order valence-electron chi connectivity index (χ0n) is 12.6. The van der Waals surface area contributed by atoms with E-state index < -0.39 is 0 Å². The van der Waals surface area contributed by atoms with E-state index in [1.165, 1.54) is 11.8 Å². The fraction of sp³-hybridized carbons (Fsp3) is 0.769. The molecule has 0 bridgehead atoms. The van der Waals surface area contributed by atoms with E-state index in [1.54, 1.807) is 0 Å². The number of carbonyl (C=O) groups is 1. The molecule has 1 heterocycles. The Bertz CT molecular complexity index is 419. The van der Waals surface area contributed by atoms with Crippen molar-refractivity contribution in [2.45, 2.75) is 51.9 Å². The summed E-state index contributed by atoms with van der Waals surface area (Å²) in [6.45, 7) is 8.30. The lowest BCUT2D eigenvalue weighted by Gasteiger charge is -2.08. The first-order chi connectivity index (χ1) is 9.58. The topological polar surface area (TPSA) is 85.8 Å². The number of nitrogens with zero attached hydrogens (tertiary/aromatic N) is 3. The molecule has 0 aromatic carbocycles. The van der Waals surface area contributed by atoms with Crippen LogP contribution in [0.3, 0.4) is 0 Å². The minimum Gasteiger partial charge on any atom is -0.355 e. The average Bonchev–Trinajstić information content (AvgIpc) is 2.79. The molecule has 1 amide bonds. The number of aromatic nitrogens is 3. The van der Waals surface area contributed by atoms with Gasteiger partial charge in [0.25, 0.3) is 0 Å². The summed E-state index contributed by atoms with van der Waals surface area (Å²) < 4.78 is 1.99. The second kappa shape index (κ2) is 8.97. The summed E-state index contributed by atoms with van der Waals surface area (Å²) in [4.78, 5) is 11.7. The Morgan fingerprint density at radius 2 is 2.20 bits per heavy atom. The fourth-order valence-electron chi connectivity index (χ4n) is 1.71. The number of nitrogens with one attached hydrogen (secondary N) is 1. The van der Waals surface area contributed by atoms with Gasteiger partial charge in [-0.25, -0.2) is 0 Å². The molecule has 0 unspecified atom stereocenters. The quantitative estimate of drug-likeness (QED) is 0.673. The summed E-state index contributed by atoms with van der Waals surface area (Å²) >= 11 is 1.41. The van der Waals surface area contributed by atoms with Gasteiger partial charge in [0.05, 0.1) is 12.3 Å². The number of rotatable bonds is 9. The minimum absolute atomic E-state index is 0.0380. The lowest BCUT2D eigenvalue weighted by molar-refractivity contribution is -0.118. The molecule has 6 nitrogen and oxygen atoms in total. The normalized spacial score (nSPS) is 11.1. The first-order valence-corrected chi connectivity index (χ1v) is 8.08. The number of amides is 1. The highest BCUT2D eigenvalue weighted by atomic mass is 32.2. The van der Waals surface area contributed by atoms with Gasteiger partial charge in [0.15, 0.2) is 5.16 Å². The zero-order chi connectivity index (χ0) is 15.0. The molecule has 20 heavy (non-hydrogen) atoms. The number of nitrogens with two attached hydrogens (primary N) is 1. The molecule has 0 radical (unpaired) electrons. The minimum atomic E-state index is 0.0380. The van der Waals surface area contributed by atoms with E-state index in [4.69, 9.17) is 5.73 Å². The van der Waals surface area contributed by atoms with Crippen LogP contribution in [0.4, 0.5) is 0 Å². The first kappa shape index (κ1) is 17.0. The second-order valence-corrected chi connectivity index (χ2v) is 6.02. The predicted molar refractivity (Wildman–Crippen MR) is 81.4 cm³/mol. The second-order valence-electron chi connectivity index (χ2n) is 5.08. The SMILES string of the molecule is CCCn1c(CN)nnc1SCC(=O)NCCC(C)C. The lowest BCUT2D eigenvalue weighted by atomic mass is 10.1. The number of carbonyl (C=O) groups excluding carboxylic acids is 1. The van der Waals surface area contributed by atoms with Crippen LogP contribution in [0.15, 0.2) is 5.16 Å². The number of thioether (sulfide) groups is 1. The van der Waals surface area contributed by atoms with E-state index in [-0.39, 0.29) is 5.91 Å². The summed E-state index contributed by atoms with van der Waals surface area (Å²) in [5.74, 6) is 1.78. The summed E-state index contributed by atoms with van der Waals surface area (Å²) in [7, 11) is 0. The zero-order valence-corrected chi connectivity index (χ0v) is 13.4. The van der Waals surface area contributed by atoms with Gasteiger partial charge in [-0.2, -0.15) is 0 Å². The van der Waals surface area contributed by atoms with Crippen molar-refractivity contribution in [3.05, 3.63) is 5.82 Å². The van der Waals surface area contributed by atoms with Crippen LogP contribution < -0.4 is 11.1 Å². The highest BCUT2D eigenvalue weighted by molar-refractivity contribution is 7.99. The summed E-state index contributed by atoms with van der Waals surface area (Å²) in [6.07, 6.45) is 1.99. The van der Waals surface area contributed by atoms with Gasteiger partial charge in [-0.05, 0) is 18.8 Å². The highest BCUT2D eigenvalue weighted by Crippen LogP contribution is 2.17. The Kier molecular flexibility index (Phi) is 7.61. The molecule has 7 heteroatoms. The molecule has 1 rings (SSSR count). The molecule has 0 atom stereocenters. The monoisotopic (exact) mass is 299 g/mol. The van der Waals surface area contributed by atoms with E-state index in [1.807, 2.05) is 4.57 Å². The maximum atomic E-state index is 11.7. The van der Waals surface area contributed by atoms with Gasteiger partial charge in [0.1, 0.15) is 5.82 Å². The van der Waals surface area contributed by atoms with Crippen LogP contribution in [0.5, 0.6) is 0 Å². The Labute approximate surface area is 124 Å². The summed E-state index contributed by atoms with van der Waals surface area (Å²) in [5.41, 5.74) is 5.63. The molecule has 0 aliphatic carbocycles. The molecule has 0 aliphatic heterocycles. The van der Waals surface area contributed by atoms with Gasteiger partial charge in [-0.3, -0.25) is 4.79 Å². The molecule has 0 saturated heterocycles. The van der Waals surface area contributed by atoms with Gasteiger partial charge >= 0.3 is 0 Å². The van der Waals surface area contributed by atoms with Crippen LogP contribution in [0, 0.1) is 5.92 Å². The van der Waals surface area contributed by atoms with Crippen LogP contribution >= 0.6 is 11.8 Å². The summed E-state index contributed by atoms with van der Waals surface area (Å²) in [6, 6.07) is 0. The molecule has 1 aromatic heterocycles. The van der Waals surface area contributed by atoms with Crippen LogP contribution in [-0.4, -0.2) is 33.0 Å². The molecule has 3 N–H and O–H groups in total. The molecule has 0 aliphatic rings. The smallest absolute Gasteiger partial charge is 0.230 e. The summed E-state index contributed by atoms with van der Waals surface area (Å²) in [5, 5.41) is 11.8. The maximum absolute atomic E-state index is 11.7. The van der Waals surface area contributed by atoms with Crippen molar-refractivity contribution in [2.24, 2.45) is 11.7 Å². The van der Waals surface area contributed by atoms with Crippen molar-refractivity contribution in [2.75, 3.05) is 12.3 Å². The van der Waals surface area contributed by atoms with Crippen LogP contribution in [0.2, 0.25) is 0 Å². The third-order valence-corrected chi connectivity index (χ3v) is 3.77. The van der Waals surface area contributed by atoms with E-state index >= 15 is 0 Å². The first-order valence-electron chi connectivity index (χ1n) is 7.10. The van der Waals surface area contributed by atoms with Crippen molar-refractivity contribution in [1.82, 2.24) is 20.1 Å². The van der Waals surface area contributed by atoms with Gasteiger partial charge in [-0.1, -0.05) is 32.5 Å². The molecular formula is C13H25N5OS. The van der Waals surface area contributed by atoms with Crippen LogP contribution in [0.25, 0.3) is 0 Å². The van der Waals surface area contributed by atoms with E-state index in [2.05, 4.69) is 36.3 Å². The third kappa shape index (κ3) is 5.50. The number of hydrogen-bond donors (Lipinski definition) is 2. The lowest BCUT2D eigenvalue weighted by Crippen LogP contribution is -2.27. The Morgan fingerprint density at radius 1 is 1.45 bits per heavy atom. The molecular weight excluding hydrogens is 274 g/mol. The van der Waals surface area contributed by atoms with Crippen molar-refractivity contribution in [1.29, 1.82) is 0 Å². The van der Waals surface area contributed by atoms with Crippen molar-refractivity contribution < 1.29 is 4.79 Å². The van der Waals surface area contributed by atoms with Gasteiger partial charge in [0.2, 0.25) is 5.91 Å². The third-order valence-electron chi connectivity index (χ3n) is 2.80. The molecule has 0 fully saturated rings. The van der Waals surface area contributed by atoms with Crippen molar-refractivity contribution >= 4 is 17.7 Å². The Morgan fingerprint density at radius 3 is 2.80 bits per heavy atom. The van der Waals surface area contributed by atoms with E-state index in [0.717, 1.165) is 36.9 Å². The van der Waals surface area contributed by atoms with Gasteiger partial charge < -0.3 is 15.6 Å².